The van der Waals surface area contributed by atoms with Gasteiger partial charge in [-0.05, 0) is 37.7 Å². The first-order valence-electron chi connectivity index (χ1n) is 4.99. The van der Waals surface area contributed by atoms with E-state index in [2.05, 4.69) is 49.9 Å². The molecule has 0 heterocycles. The topological polar surface area (TPSA) is 3.24 Å². The third-order valence-electron chi connectivity index (χ3n) is 2.57. The fourth-order valence-electron chi connectivity index (χ4n) is 1.65. The molecule has 0 bridgehead atoms. The molecule has 13 heavy (non-hydrogen) atoms. The molecule has 1 heteroatoms. The first-order chi connectivity index (χ1) is 6.29. The molecule has 0 amide bonds. The second-order valence-corrected chi connectivity index (χ2v) is 3.23. The van der Waals surface area contributed by atoms with Gasteiger partial charge in [-0.1, -0.05) is 32.0 Å². The van der Waals surface area contributed by atoms with Gasteiger partial charge >= 0.3 is 0 Å². The fourth-order valence-corrected chi connectivity index (χ4v) is 1.65. The van der Waals surface area contributed by atoms with E-state index in [0.717, 1.165) is 13.1 Å². The molecule has 0 aliphatic carbocycles. The Morgan fingerprint density at radius 2 is 2.08 bits per heavy atom. The van der Waals surface area contributed by atoms with Crippen molar-refractivity contribution in [1.82, 2.24) is 4.90 Å². The van der Waals surface area contributed by atoms with Crippen molar-refractivity contribution in [3.8, 4) is 0 Å². The molecule has 1 aromatic carbocycles. The Morgan fingerprint density at radius 3 is 2.54 bits per heavy atom. The summed E-state index contributed by atoms with van der Waals surface area (Å²) in [5.41, 5.74) is 1.35. The molecule has 0 aliphatic rings. The lowest BCUT2D eigenvalue weighted by atomic mass is 10.1. The van der Waals surface area contributed by atoms with E-state index in [-0.39, 0.29) is 0 Å². The molecule has 1 unspecified atom stereocenters. The van der Waals surface area contributed by atoms with Crippen molar-refractivity contribution in [3.63, 3.8) is 0 Å². The van der Waals surface area contributed by atoms with Crippen molar-refractivity contribution in [2.45, 2.75) is 26.8 Å². The van der Waals surface area contributed by atoms with Gasteiger partial charge in [0.1, 0.15) is 0 Å². The molecule has 0 fully saturated rings. The third-order valence-corrected chi connectivity index (χ3v) is 2.57. The van der Waals surface area contributed by atoms with Crippen molar-refractivity contribution < 1.29 is 0 Å². The van der Waals surface area contributed by atoms with Crippen LogP contribution in [0.15, 0.2) is 24.3 Å². The minimum absolute atomic E-state index is 0.507. The second-order valence-electron chi connectivity index (χ2n) is 3.23. The summed E-state index contributed by atoms with van der Waals surface area (Å²) < 4.78 is 0. The first kappa shape index (κ1) is 10.3. The van der Waals surface area contributed by atoms with E-state index in [0.29, 0.717) is 6.04 Å². The molecule has 0 aliphatic heterocycles. The van der Waals surface area contributed by atoms with Gasteiger partial charge in [0.2, 0.25) is 0 Å². The Hall–Kier alpha value is -0.820. The van der Waals surface area contributed by atoms with E-state index in [9.17, 15) is 0 Å². The van der Waals surface area contributed by atoms with Crippen LogP contribution in [0.25, 0.3) is 0 Å². The average molecular weight is 176 g/mol. The van der Waals surface area contributed by atoms with Gasteiger partial charge in [0.15, 0.2) is 0 Å². The monoisotopic (exact) mass is 176 g/mol. The molecule has 1 atom stereocenters. The lowest BCUT2D eigenvalue weighted by molar-refractivity contribution is 0.234. The third kappa shape index (κ3) is 2.56. The zero-order chi connectivity index (χ0) is 9.68. The lowest BCUT2D eigenvalue weighted by Gasteiger charge is -2.26. The van der Waals surface area contributed by atoms with Crippen molar-refractivity contribution in [2.24, 2.45) is 0 Å². The standard InChI is InChI=1S/C12H18N/c1-4-13(5-2)11(3)12-9-7-6-8-10-12/h6-7,9-11H,4-5H2,1-3H3. The maximum Gasteiger partial charge on any atom is 0.0319 e. The number of benzene rings is 1. The summed E-state index contributed by atoms with van der Waals surface area (Å²) in [6, 6.07) is 11.9. The number of nitrogens with zero attached hydrogens (tertiary/aromatic N) is 1. The van der Waals surface area contributed by atoms with Crippen molar-refractivity contribution in [2.75, 3.05) is 13.1 Å². The second kappa shape index (κ2) is 5.03. The van der Waals surface area contributed by atoms with Gasteiger partial charge in [-0.25, -0.2) is 0 Å². The SMILES string of the molecule is CCN(CC)C(C)c1c[c]ccc1. The molecule has 1 radical (unpaired) electrons. The van der Waals surface area contributed by atoms with E-state index in [1.54, 1.807) is 0 Å². The Bertz CT molecular complexity index is 226. The van der Waals surface area contributed by atoms with Gasteiger partial charge in [0.25, 0.3) is 0 Å². The number of hydrogen-bond donors (Lipinski definition) is 0. The highest BCUT2D eigenvalue weighted by atomic mass is 15.1. The molecule has 0 spiro atoms. The molecule has 1 aromatic rings. The minimum atomic E-state index is 0.507. The van der Waals surface area contributed by atoms with E-state index >= 15 is 0 Å². The highest BCUT2D eigenvalue weighted by molar-refractivity contribution is 5.17. The van der Waals surface area contributed by atoms with Crippen LogP contribution in [0.5, 0.6) is 0 Å². The fraction of sp³-hybridized carbons (Fsp3) is 0.500. The minimum Gasteiger partial charge on any atom is -0.297 e. The van der Waals surface area contributed by atoms with Crippen LogP contribution >= 0.6 is 0 Å². The predicted molar refractivity (Wildman–Crippen MR) is 56.6 cm³/mol. The van der Waals surface area contributed by atoms with Crippen LogP contribution < -0.4 is 0 Å². The Labute approximate surface area is 81.4 Å². The van der Waals surface area contributed by atoms with Gasteiger partial charge < -0.3 is 0 Å². The quantitative estimate of drug-likeness (QED) is 0.682. The highest BCUT2D eigenvalue weighted by Crippen LogP contribution is 2.18. The van der Waals surface area contributed by atoms with Crippen LogP contribution in [0, 0.1) is 6.07 Å². The Kier molecular flexibility index (Phi) is 3.97. The zero-order valence-corrected chi connectivity index (χ0v) is 8.75. The van der Waals surface area contributed by atoms with Crippen LogP contribution in [0.1, 0.15) is 32.4 Å². The van der Waals surface area contributed by atoms with Gasteiger partial charge in [-0.2, -0.15) is 0 Å². The molecule has 71 valence electrons. The predicted octanol–water partition coefficient (Wildman–Crippen LogP) is 2.89. The highest BCUT2D eigenvalue weighted by Gasteiger charge is 2.10. The lowest BCUT2D eigenvalue weighted by Crippen LogP contribution is -2.26. The Balaban J connectivity index is 2.72. The van der Waals surface area contributed by atoms with Gasteiger partial charge in [-0.15, -0.1) is 0 Å². The molecule has 0 aromatic heterocycles. The smallest absolute Gasteiger partial charge is 0.0319 e. The summed E-state index contributed by atoms with van der Waals surface area (Å²) in [7, 11) is 0. The first-order valence-corrected chi connectivity index (χ1v) is 4.99. The number of hydrogen-bond acceptors (Lipinski definition) is 1. The van der Waals surface area contributed by atoms with Crippen LogP contribution in [0.4, 0.5) is 0 Å². The summed E-state index contributed by atoms with van der Waals surface area (Å²) in [5, 5.41) is 0. The van der Waals surface area contributed by atoms with Crippen molar-refractivity contribution in [1.29, 1.82) is 0 Å². The largest absolute Gasteiger partial charge is 0.297 e. The van der Waals surface area contributed by atoms with E-state index in [1.807, 2.05) is 6.07 Å². The molecule has 1 rings (SSSR count). The van der Waals surface area contributed by atoms with Gasteiger partial charge in [-0.3, -0.25) is 4.90 Å². The van der Waals surface area contributed by atoms with Crippen molar-refractivity contribution in [3.05, 3.63) is 35.9 Å². The molecule has 1 nitrogen and oxygen atoms in total. The van der Waals surface area contributed by atoms with Crippen LogP contribution in [-0.2, 0) is 0 Å². The van der Waals surface area contributed by atoms with Gasteiger partial charge in [0, 0.05) is 6.04 Å². The molecule has 0 saturated carbocycles. The summed E-state index contributed by atoms with van der Waals surface area (Å²) >= 11 is 0. The molecule has 0 N–H and O–H groups in total. The summed E-state index contributed by atoms with van der Waals surface area (Å²) in [4.78, 5) is 2.43. The Morgan fingerprint density at radius 1 is 1.38 bits per heavy atom. The van der Waals surface area contributed by atoms with E-state index in [1.165, 1.54) is 5.56 Å². The molecular formula is C12H18N. The van der Waals surface area contributed by atoms with E-state index in [4.69, 9.17) is 0 Å². The van der Waals surface area contributed by atoms with Crippen LogP contribution in [0.2, 0.25) is 0 Å². The van der Waals surface area contributed by atoms with E-state index < -0.39 is 0 Å². The zero-order valence-electron chi connectivity index (χ0n) is 8.75. The molecule has 0 saturated heterocycles. The average Bonchev–Trinajstić information content (AvgIpc) is 2.21. The maximum absolute atomic E-state index is 3.12. The summed E-state index contributed by atoms with van der Waals surface area (Å²) in [6.45, 7) is 8.86. The van der Waals surface area contributed by atoms with Gasteiger partial charge in [0.05, 0.1) is 0 Å². The summed E-state index contributed by atoms with van der Waals surface area (Å²) in [5.74, 6) is 0. The van der Waals surface area contributed by atoms with Crippen molar-refractivity contribution >= 4 is 0 Å². The van der Waals surface area contributed by atoms with Crippen LogP contribution in [-0.4, -0.2) is 18.0 Å². The molecular weight excluding hydrogens is 158 g/mol. The summed E-state index contributed by atoms with van der Waals surface area (Å²) in [6.07, 6.45) is 0. The van der Waals surface area contributed by atoms with Crippen LogP contribution in [0.3, 0.4) is 0 Å². The number of rotatable bonds is 4. The normalized spacial score (nSPS) is 13.2. The maximum atomic E-state index is 3.12.